The van der Waals surface area contributed by atoms with E-state index in [-0.39, 0.29) is 5.75 Å². The van der Waals surface area contributed by atoms with Gasteiger partial charge in [-0.3, -0.25) is 4.79 Å². The molecule has 0 spiro atoms. The van der Waals surface area contributed by atoms with Crippen molar-refractivity contribution in [1.82, 2.24) is 9.55 Å². The second kappa shape index (κ2) is 5.99. The fourth-order valence-electron chi connectivity index (χ4n) is 2.58. The van der Waals surface area contributed by atoms with E-state index in [4.69, 9.17) is 5.11 Å². The Hall–Kier alpha value is -0.970. The molecule has 0 aromatic carbocycles. The van der Waals surface area contributed by atoms with Crippen LogP contribution in [0, 0.1) is 5.92 Å². The maximum Gasteiger partial charge on any atom is 0.313 e. The van der Waals surface area contributed by atoms with Gasteiger partial charge in [0.2, 0.25) is 0 Å². The first kappa shape index (κ1) is 14.4. The summed E-state index contributed by atoms with van der Waals surface area (Å²) in [5.74, 6) is 0.474. The van der Waals surface area contributed by atoms with E-state index >= 15 is 0 Å². The van der Waals surface area contributed by atoms with Crippen LogP contribution in [0.25, 0.3) is 0 Å². The topological polar surface area (TPSA) is 55.1 Å². The van der Waals surface area contributed by atoms with Gasteiger partial charge >= 0.3 is 5.97 Å². The van der Waals surface area contributed by atoms with Crippen molar-refractivity contribution in [3.8, 4) is 0 Å². The van der Waals surface area contributed by atoms with Crippen LogP contribution in [0.1, 0.15) is 57.7 Å². The summed E-state index contributed by atoms with van der Waals surface area (Å²) in [5.41, 5.74) is 1.23. The molecule has 0 aliphatic heterocycles. The van der Waals surface area contributed by atoms with E-state index in [1.54, 1.807) is 0 Å². The minimum absolute atomic E-state index is 0.0830. The number of carbonyl (C=O) groups is 1. The summed E-state index contributed by atoms with van der Waals surface area (Å²) in [7, 11) is 0. The summed E-state index contributed by atoms with van der Waals surface area (Å²) in [6.07, 6.45) is 5.59. The Labute approximate surface area is 118 Å². The van der Waals surface area contributed by atoms with Crippen LogP contribution in [0.2, 0.25) is 0 Å². The van der Waals surface area contributed by atoms with Crippen molar-refractivity contribution in [3.05, 3.63) is 11.9 Å². The first-order chi connectivity index (χ1) is 9.04. The first-order valence-electron chi connectivity index (χ1n) is 6.96. The van der Waals surface area contributed by atoms with E-state index in [9.17, 15) is 4.79 Å². The van der Waals surface area contributed by atoms with Crippen molar-refractivity contribution >= 4 is 17.7 Å². The molecular formula is C14H22N2O2S. The second-order valence-electron chi connectivity index (χ2n) is 5.52. The molecule has 106 valence electrons. The van der Waals surface area contributed by atoms with Crippen LogP contribution in [0.3, 0.4) is 0 Å². The Balaban J connectivity index is 2.17. The molecule has 1 aliphatic rings. The van der Waals surface area contributed by atoms with Gasteiger partial charge in [0.1, 0.15) is 0 Å². The number of hydrogen-bond acceptors (Lipinski definition) is 3. The largest absolute Gasteiger partial charge is 0.481 e. The molecule has 2 atom stereocenters. The molecular weight excluding hydrogens is 260 g/mol. The molecule has 2 rings (SSSR count). The molecule has 1 saturated carbocycles. The van der Waals surface area contributed by atoms with Crippen molar-refractivity contribution in [3.63, 3.8) is 0 Å². The zero-order chi connectivity index (χ0) is 14.0. The minimum atomic E-state index is -0.786. The lowest BCUT2D eigenvalue weighted by Crippen LogP contribution is -2.07. The Kier molecular flexibility index (Phi) is 4.55. The molecule has 0 amide bonds. The number of carboxylic acid groups (broad SMARTS) is 1. The zero-order valence-corrected chi connectivity index (χ0v) is 12.6. The lowest BCUT2D eigenvalue weighted by molar-refractivity contribution is -0.133. The highest BCUT2D eigenvalue weighted by atomic mass is 32.2. The normalized spacial score (nSPS) is 21.9. The van der Waals surface area contributed by atoms with Gasteiger partial charge < -0.3 is 9.67 Å². The maximum absolute atomic E-state index is 10.7. The van der Waals surface area contributed by atoms with E-state index in [0.717, 1.165) is 11.1 Å². The van der Waals surface area contributed by atoms with Gasteiger partial charge in [-0.15, -0.1) is 0 Å². The summed E-state index contributed by atoms with van der Waals surface area (Å²) in [5, 5.41) is 9.68. The third kappa shape index (κ3) is 3.32. The Morgan fingerprint density at radius 1 is 1.63 bits per heavy atom. The quantitative estimate of drug-likeness (QED) is 0.777. The van der Waals surface area contributed by atoms with E-state index in [2.05, 4.69) is 30.3 Å². The van der Waals surface area contributed by atoms with Crippen LogP contribution in [0.5, 0.6) is 0 Å². The van der Waals surface area contributed by atoms with Crippen molar-refractivity contribution < 1.29 is 9.90 Å². The van der Waals surface area contributed by atoms with Crippen molar-refractivity contribution in [2.75, 3.05) is 5.75 Å². The summed E-state index contributed by atoms with van der Waals surface area (Å²) in [6, 6.07) is 0.538. The van der Waals surface area contributed by atoms with Gasteiger partial charge in [-0.05, 0) is 24.7 Å². The lowest BCUT2D eigenvalue weighted by Gasteiger charge is -2.13. The van der Waals surface area contributed by atoms with Gasteiger partial charge in [-0.25, -0.2) is 4.98 Å². The lowest BCUT2D eigenvalue weighted by atomic mass is 10.1. The number of aromatic nitrogens is 2. The SMILES string of the molecule is CCCC1CC1n1c(C(C)C)cnc1SCC(=O)O. The number of imidazole rings is 1. The second-order valence-corrected chi connectivity index (χ2v) is 6.47. The average Bonchev–Trinajstić information content (AvgIpc) is 2.96. The molecule has 1 aromatic heterocycles. The van der Waals surface area contributed by atoms with E-state index < -0.39 is 5.97 Å². The zero-order valence-electron chi connectivity index (χ0n) is 11.8. The van der Waals surface area contributed by atoms with Gasteiger partial charge in [-0.1, -0.05) is 39.0 Å². The minimum Gasteiger partial charge on any atom is -0.481 e. The van der Waals surface area contributed by atoms with Crippen LogP contribution in [-0.2, 0) is 4.79 Å². The summed E-state index contributed by atoms with van der Waals surface area (Å²) in [6.45, 7) is 6.54. The Bertz CT molecular complexity index is 456. The predicted octanol–water partition coefficient (Wildman–Crippen LogP) is 3.54. The molecule has 0 radical (unpaired) electrons. The average molecular weight is 282 g/mol. The van der Waals surface area contributed by atoms with Crippen LogP contribution in [0.4, 0.5) is 0 Å². The third-order valence-corrected chi connectivity index (χ3v) is 4.54. The monoisotopic (exact) mass is 282 g/mol. The third-order valence-electron chi connectivity index (χ3n) is 3.58. The van der Waals surface area contributed by atoms with E-state index in [1.165, 1.54) is 36.7 Å². The van der Waals surface area contributed by atoms with Crippen LogP contribution in [-0.4, -0.2) is 26.4 Å². The molecule has 1 aliphatic carbocycles. The molecule has 4 nitrogen and oxygen atoms in total. The van der Waals surface area contributed by atoms with Gasteiger partial charge in [0.05, 0.1) is 5.75 Å². The highest BCUT2D eigenvalue weighted by Gasteiger charge is 2.40. The number of rotatable bonds is 7. The van der Waals surface area contributed by atoms with Gasteiger partial charge in [-0.2, -0.15) is 0 Å². The highest BCUT2D eigenvalue weighted by Crippen LogP contribution is 2.49. The molecule has 19 heavy (non-hydrogen) atoms. The van der Waals surface area contributed by atoms with Crippen molar-refractivity contribution in [2.45, 2.75) is 57.1 Å². The number of carboxylic acids is 1. The molecule has 1 aromatic rings. The Morgan fingerprint density at radius 3 is 2.95 bits per heavy atom. The molecule has 5 heteroatoms. The van der Waals surface area contributed by atoms with Crippen molar-refractivity contribution in [2.24, 2.45) is 5.92 Å². The number of hydrogen-bond donors (Lipinski definition) is 1. The Morgan fingerprint density at radius 2 is 2.37 bits per heavy atom. The van der Waals surface area contributed by atoms with Crippen molar-refractivity contribution in [1.29, 1.82) is 0 Å². The molecule has 1 N–H and O–H groups in total. The fraction of sp³-hybridized carbons (Fsp3) is 0.714. The standard InChI is InChI=1S/C14H22N2O2S/c1-4-5-10-6-11(10)16-12(9(2)3)7-15-14(16)19-8-13(17)18/h7,9-11H,4-6,8H2,1-3H3,(H,17,18). The fourth-order valence-corrected chi connectivity index (χ4v) is 3.34. The summed E-state index contributed by atoms with van der Waals surface area (Å²) in [4.78, 5) is 15.1. The van der Waals surface area contributed by atoms with Gasteiger partial charge in [0.25, 0.3) is 0 Å². The number of nitrogens with zero attached hydrogens (tertiary/aromatic N) is 2. The molecule has 2 unspecified atom stereocenters. The highest BCUT2D eigenvalue weighted by molar-refractivity contribution is 7.99. The van der Waals surface area contributed by atoms with Gasteiger partial charge in [0.15, 0.2) is 5.16 Å². The number of aliphatic carboxylic acids is 1. The molecule has 0 saturated heterocycles. The molecule has 0 bridgehead atoms. The number of thioether (sulfide) groups is 1. The van der Waals surface area contributed by atoms with Crippen LogP contribution >= 0.6 is 11.8 Å². The maximum atomic E-state index is 10.7. The van der Waals surface area contributed by atoms with E-state index in [1.807, 2.05) is 6.20 Å². The van der Waals surface area contributed by atoms with Crippen LogP contribution in [0.15, 0.2) is 11.4 Å². The van der Waals surface area contributed by atoms with E-state index in [0.29, 0.717) is 12.0 Å². The summed E-state index contributed by atoms with van der Waals surface area (Å²) < 4.78 is 2.29. The van der Waals surface area contributed by atoms with Gasteiger partial charge in [0, 0.05) is 17.9 Å². The predicted molar refractivity (Wildman–Crippen MR) is 76.7 cm³/mol. The molecule has 1 fully saturated rings. The first-order valence-corrected chi connectivity index (χ1v) is 7.94. The molecule has 1 heterocycles. The summed E-state index contributed by atoms with van der Waals surface area (Å²) >= 11 is 1.33. The smallest absolute Gasteiger partial charge is 0.313 e. The van der Waals surface area contributed by atoms with Crippen LogP contribution < -0.4 is 0 Å².